The third-order valence-corrected chi connectivity index (χ3v) is 1.83. The topological polar surface area (TPSA) is 29.5 Å². The van der Waals surface area contributed by atoms with E-state index >= 15 is 0 Å². The summed E-state index contributed by atoms with van der Waals surface area (Å²) in [6.07, 6.45) is 6.39. The van der Waals surface area contributed by atoms with E-state index in [1.165, 1.54) is 32.8 Å². The fourth-order valence-electron chi connectivity index (χ4n) is 1.04. The molecule has 0 rings (SSSR count). The van der Waals surface area contributed by atoms with Gasteiger partial charge in [-0.1, -0.05) is 32.6 Å². The van der Waals surface area contributed by atoms with E-state index in [0.29, 0.717) is 0 Å². The van der Waals surface area contributed by atoms with Gasteiger partial charge in [-0.05, 0) is 12.8 Å². The molecule has 0 aliphatic rings. The SMILES string of the molecule is CCCCCCCC(O)OC. The zero-order valence-electron chi connectivity index (χ0n) is 7.68. The van der Waals surface area contributed by atoms with Gasteiger partial charge in [0.05, 0.1) is 0 Å². The maximum atomic E-state index is 8.99. The average molecular weight is 160 g/mol. The van der Waals surface area contributed by atoms with Crippen LogP contribution in [0.15, 0.2) is 0 Å². The molecule has 2 nitrogen and oxygen atoms in total. The molecule has 0 aliphatic heterocycles. The molecule has 1 N–H and O–H groups in total. The van der Waals surface area contributed by atoms with Gasteiger partial charge in [-0.3, -0.25) is 0 Å². The zero-order valence-corrected chi connectivity index (χ0v) is 7.68. The third kappa shape index (κ3) is 7.82. The molecular formula is C9H20O2. The first-order chi connectivity index (χ1) is 5.31. The number of aliphatic hydroxyl groups excluding tert-OH is 1. The van der Waals surface area contributed by atoms with Crippen LogP contribution in [0.2, 0.25) is 0 Å². The van der Waals surface area contributed by atoms with Crippen LogP contribution in [0.1, 0.15) is 45.4 Å². The Hall–Kier alpha value is -0.0800. The van der Waals surface area contributed by atoms with Crippen LogP contribution in [0.4, 0.5) is 0 Å². The van der Waals surface area contributed by atoms with Gasteiger partial charge in [0.15, 0.2) is 6.29 Å². The predicted octanol–water partition coefficient (Wildman–Crippen LogP) is 2.31. The van der Waals surface area contributed by atoms with E-state index in [9.17, 15) is 0 Å². The number of rotatable bonds is 7. The summed E-state index contributed by atoms with van der Waals surface area (Å²) in [5, 5.41) is 8.99. The molecule has 0 aromatic heterocycles. The number of aliphatic hydroxyl groups is 1. The van der Waals surface area contributed by atoms with Crippen molar-refractivity contribution in [2.45, 2.75) is 51.7 Å². The molecular weight excluding hydrogens is 140 g/mol. The number of hydrogen-bond acceptors (Lipinski definition) is 2. The molecule has 0 fully saturated rings. The Morgan fingerprint density at radius 3 is 2.36 bits per heavy atom. The minimum absolute atomic E-state index is 0.545. The van der Waals surface area contributed by atoms with Crippen molar-refractivity contribution < 1.29 is 9.84 Å². The van der Waals surface area contributed by atoms with E-state index in [1.54, 1.807) is 0 Å². The van der Waals surface area contributed by atoms with Crippen molar-refractivity contribution in [3.05, 3.63) is 0 Å². The summed E-state index contributed by atoms with van der Waals surface area (Å²) < 4.78 is 4.71. The van der Waals surface area contributed by atoms with Crippen LogP contribution in [0.5, 0.6) is 0 Å². The standard InChI is InChI=1S/C9H20O2/c1-3-4-5-6-7-8-9(10)11-2/h9-10H,3-8H2,1-2H3. The highest BCUT2D eigenvalue weighted by Crippen LogP contribution is 2.06. The van der Waals surface area contributed by atoms with Crippen molar-refractivity contribution in [1.29, 1.82) is 0 Å². The maximum absolute atomic E-state index is 8.99. The largest absolute Gasteiger partial charge is 0.368 e. The molecule has 0 radical (unpaired) electrons. The Morgan fingerprint density at radius 2 is 1.82 bits per heavy atom. The second kappa shape index (κ2) is 8.02. The molecule has 2 heteroatoms. The molecule has 0 aromatic carbocycles. The Kier molecular flexibility index (Phi) is 7.96. The second-order valence-electron chi connectivity index (χ2n) is 2.89. The van der Waals surface area contributed by atoms with Gasteiger partial charge in [-0.15, -0.1) is 0 Å². The highest BCUT2D eigenvalue weighted by Gasteiger charge is 1.99. The average Bonchev–Trinajstić information content (AvgIpc) is 2.04. The molecule has 0 saturated heterocycles. The Bertz CT molecular complexity index is 74.0. The van der Waals surface area contributed by atoms with Crippen molar-refractivity contribution >= 4 is 0 Å². The normalized spacial score (nSPS) is 13.4. The van der Waals surface area contributed by atoms with Gasteiger partial charge in [-0.25, -0.2) is 0 Å². The predicted molar refractivity (Wildman–Crippen MR) is 46.4 cm³/mol. The first-order valence-electron chi connectivity index (χ1n) is 4.52. The van der Waals surface area contributed by atoms with Gasteiger partial charge < -0.3 is 9.84 Å². The van der Waals surface area contributed by atoms with E-state index in [-0.39, 0.29) is 0 Å². The Labute approximate surface area is 69.6 Å². The highest BCUT2D eigenvalue weighted by molar-refractivity contribution is 4.45. The first kappa shape index (κ1) is 10.9. The van der Waals surface area contributed by atoms with Gasteiger partial charge >= 0.3 is 0 Å². The fraction of sp³-hybridized carbons (Fsp3) is 1.00. The van der Waals surface area contributed by atoms with Gasteiger partial charge in [0.1, 0.15) is 0 Å². The smallest absolute Gasteiger partial charge is 0.154 e. The summed E-state index contributed by atoms with van der Waals surface area (Å²) in [6.45, 7) is 2.20. The molecule has 68 valence electrons. The molecule has 11 heavy (non-hydrogen) atoms. The van der Waals surface area contributed by atoms with Crippen LogP contribution in [-0.4, -0.2) is 18.5 Å². The maximum Gasteiger partial charge on any atom is 0.154 e. The van der Waals surface area contributed by atoms with Gasteiger partial charge in [0.2, 0.25) is 0 Å². The van der Waals surface area contributed by atoms with Crippen molar-refractivity contribution in [3.63, 3.8) is 0 Å². The second-order valence-corrected chi connectivity index (χ2v) is 2.89. The van der Waals surface area contributed by atoms with Gasteiger partial charge in [0.25, 0.3) is 0 Å². The molecule has 1 atom stereocenters. The van der Waals surface area contributed by atoms with E-state index in [1.807, 2.05) is 0 Å². The lowest BCUT2D eigenvalue weighted by molar-refractivity contribution is -0.0793. The lowest BCUT2D eigenvalue weighted by Gasteiger charge is -2.06. The van der Waals surface area contributed by atoms with Crippen LogP contribution in [0.3, 0.4) is 0 Å². The van der Waals surface area contributed by atoms with Crippen LogP contribution in [0.25, 0.3) is 0 Å². The number of unbranched alkanes of at least 4 members (excludes halogenated alkanes) is 4. The summed E-state index contributed by atoms with van der Waals surface area (Å²) in [6, 6.07) is 0. The van der Waals surface area contributed by atoms with E-state index < -0.39 is 6.29 Å². The first-order valence-corrected chi connectivity index (χ1v) is 4.52. The minimum Gasteiger partial charge on any atom is -0.368 e. The number of ether oxygens (including phenoxy) is 1. The summed E-state index contributed by atoms with van der Waals surface area (Å²) in [7, 11) is 1.54. The Balaban J connectivity index is 2.89. The van der Waals surface area contributed by atoms with Crippen LogP contribution in [0, 0.1) is 0 Å². The van der Waals surface area contributed by atoms with Crippen LogP contribution >= 0.6 is 0 Å². The molecule has 0 amide bonds. The summed E-state index contributed by atoms with van der Waals surface area (Å²) in [5.74, 6) is 0. The van der Waals surface area contributed by atoms with Crippen molar-refractivity contribution in [3.8, 4) is 0 Å². The summed E-state index contributed by atoms with van der Waals surface area (Å²) in [5.41, 5.74) is 0. The molecule has 0 aromatic rings. The summed E-state index contributed by atoms with van der Waals surface area (Å²) >= 11 is 0. The lowest BCUT2D eigenvalue weighted by atomic mass is 10.1. The van der Waals surface area contributed by atoms with Crippen molar-refractivity contribution in [1.82, 2.24) is 0 Å². The molecule has 0 bridgehead atoms. The van der Waals surface area contributed by atoms with E-state index in [0.717, 1.165) is 12.8 Å². The van der Waals surface area contributed by atoms with E-state index in [4.69, 9.17) is 9.84 Å². The number of methoxy groups -OCH3 is 1. The monoisotopic (exact) mass is 160 g/mol. The van der Waals surface area contributed by atoms with Crippen molar-refractivity contribution in [2.24, 2.45) is 0 Å². The molecule has 0 spiro atoms. The molecule has 1 unspecified atom stereocenters. The highest BCUT2D eigenvalue weighted by atomic mass is 16.6. The fourth-order valence-corrected chi connectivity index (χ4v) is 1.04. The zero-order chi connectivity index (χ0) is 8.53. The van der Waals surface area contributed by atoms with Gasteiger partial charge in [0, 0.05) is 7.11 Å². The molecule has 0 aliphatic carbocycles. The van der Waals surface area contributed by atoms with Crippen LogP contribution < -0.4 is 0 Å². The lowest BCUT2D eigenvalue weighted by Crippen LogP contribution is -2.07. The molecule has 0 saturated carbocycles. The summed E-state index contributed by atoms with van der Waals surface area (Å²) in [4.78, 5) is 0. The number of hydrogen-bond donors (Lipinski definition) is 1. The molecule has 0 heterocycles. The third-order valence-electron chi connectivity index (χ3n) is 1.83. The van der Waals surface area contributed by atoms with Crippen LogP contribution in [-0.2, 0) is 4.74 Å². The van der Waals surface area contributed by atoms with Gasteiger partial charge in [-0.2, -0.15) is 0 Å². The Morgan fingerprint density at radius 1 is 1.18 bits per heavy atom. The van der Waals surface area contributed by atoms with Crippen molar-refractivity contribution in [2.75, 3.05) is 7.11 Å². The minimum atomic E-state index is -0.545. The van der Waals surface area contributed by atoms with E-state index in [2.05, 4.69) is 6.92 Å². The quantitative estimate of drug-likeness (QED) is 0.457.